The molecule has 0 aromatic carbocycles. The van der Waals surface area contributed by atoms with Gasteiger partial charge in [-0.1, -0.05) is 6.92 Å². The van der Waals surface area contributed by atoms with Crippen molar-refractivity contribution in [3.63, 3.8) is 0 Å². The highest BCUT2D eigenvalue weighted by molar-refractivity contribution is 7.10. The molecule has 0 unspecified atom stereocenters. The second-order valence-electron chi connectivity index (χ2n) is 3.90. The molecule has 0 amide bonds. The van der Waals surface area contributed by atoms with Gasteiger partial charge in [-0.15, -0.1) is 11.3 Å². The predicted molar refractivity (Wildman–Crippen MR) is 61.8 cm³/mol. The van der Waals surface area contributed by atoms with Gasteiger partial charge >= 0.3 is 0 Å². The zero-order valence-electron chi connectivity index (χ0n) is 8.92. The zero-order chi connectivity index (χ0) is 9.97. The summed E-state index contributed by atoms with van der Waals surface area (Å²) < 4.78 is 0. The van der Waals surface area contributed by atoms with Crippen molar-refractivity contribution in [2.45, 2.75) is 26.4 Å². The summed E-state index contributed by atoms with van der Waals surface area (Å²) in [6, 6.07) is 2.98. The van der Waals surface area contributed by atoms with E-state index in [4.69, 9.17) is 0 Å². The largest absolute Gasteiger partial charge is 0.314 e. The SMILES string of the molecule is CCN(Cc1sccc1C)C1CNC1. The molecule has 1 aliphatic heterocycles. The molecule has 1 aromatic rings. The molecule has 3 heteroatoms. The lowest BCUT2D eigenvalue weighted by molar-refractivity contribution is 0.146. The maximum Gasteiger partial charge on any atom is 0.0349 e. The van der Waals surface area contributed by atoms with Gasteiger partial charge in [0, 0.05) is 30.6 Å². The van der Waals surface area contributed by atoms with Crippen molar-refractivity contribution in [1.29, 1.82) is 0 Å². The van der Waals surface area contributed by atoms with Gasteiger partial charge in [0.05, 0.1) is 0 Å². The first-order valence-corrected chi connectivity index (χ1v) is 6.17. The first-order valence-electron chi connectivity index (χ1n) is 5.29. The Morgan fingerprint density at radius 3 is 2.79 bits per heavy atom. The number of aryl methyl sites for hydroxylation is 1. The summed E-state index contributed by atoms with van der Waals surface area (Å²) in [6.45, 7) is 9.08. The maximum atomic E-state index is 3.33. The number of likely N-dealkylation sites (N-methyl/N-ethyl adjacent to an activating group) is 1. The summed E-state index contributed by atoms with van der Waals surface area (Å²) in [5, 5.41) is 5.52. The van der Waals surface area contributed by atoms with E-state index >= 15 is 0 Å². The molecule has 1 fully saturated rings. The number of rotatable bonds is 4. The number of nitrogens with zero attached hydrogens (tertiary/aromatic N) is 1. The minimum absolute atomic E-state index is 0.765. The van der Waals surface area contributed by atoms with Crippen LogP contribution in [0.2, 0.25) is 0 Å². The van der Waals surface area contributed by atoms with Crippen molar-refractivity contribution < 1.29 is 0 Å². The van der Waals surface area contributed by atoms with Crippen LogP contribution >= 0.6 is 11.3 Å². The van der Waals surface area contributed by atoms with Crippen LogP contribution in [-0.2, 0) is 6.54 Å². The van der Waals surface area contributed by atoms with Crippen molar-refractivity contribution in [2.75, 3.05) is 19.6 Å². The summed E-state index contributed by atoms with van der Waals surface area (Å²) in [6.07, 6.45) is 0. The van der Waals surface area contributed by atoms with Crippen LogP contribution in [0.3, 0.4) is 0 Å². The van der Waals surface area contributed by atoms with E-state index < -0.39 is 0 Å². The number of nitrogens with one attached hydrogen (secondary N) is 1. The van der Waals surface area contributed by atoms with E-state index in [1.165, 1.54) is 10.4 Å². The van der Waals surface area contributed by atoms with Crippen LogP contribution in [0.4, 0.5) is 0 Å². The smallest absolute Gasteiger partial charge is 0.0349 e. The monoisotopic (exact) mass is 210 g/mol. The first kappa shape index (κ1) is 10.1. The molecule has 0 aliphatic carbocycles. The molecular formula is C11H18N2S. The molecule has 1 aliphatic rings. The van der Waals surface area contributed by atoms with E-state index in [0.29, 0.717) is 0 Å². The molecule has 2 nitrogen and oxygen atoms in total. The Labute approximate surface area is 89.9 Å². The molecule has 0 radical (unpaired) electrons. The van der Waals surface area contributed by atoms with Crippen LogP contribution in [0.15, 0.2) is 11.4 Å². The highest BCUT2D eigenvalue weighted by atomic mass is 32.1. The van der Waals surface area contributed by atoms with Gasteiger partial charge in [0.15, 0.2) is 0 Å². The molecule has 0 bridgehead atoms. The third-order valence-corrected chi connectivity index (χ3v) is 4.01. The fourth-order valence-corrected chi connectivity index (χ4v) is 2.71. The fourth-order valence-electron chi connectivity index (χ4n) is 1.78. The minimum Gasteiger partial charge on any atom is -0.314 e. The summed E-state index contributed by atoms with van der Waals surface area (Å²) in [5.74, 6) is 0. The number of hydrogen-bond donors (Lipinski definition) is 1. The van der Waals surface area contributed by atoms with Gasteiger partial charge in [-0.3, -0.25) is 4.90 Å². The van der Waals surface area contributed by atoms with Gasteiger partial charge in [-0.05, 0) is 30.5 Å². The van der Waals surface area contributed by atoms with E-state index in [9.17, 15) is 0 Å². The molecule has 0 atom stereocenters. The van der Waals surface area contributed by atoms with Gasteiger partial charge < -0.3 is 5.32 Å². The van der Waals surface area contributed by atoms with Crippen LogP contribution in [0.5, 0.6) is 0 Å². The zero-order valence-corrected chi connectivity index (χ0v) is 9.73. The Morgan fingerprint density at radius 1 is 1.57 bits per heavy atom. The van der Waals surface area contributed by atoms with Gasteiger partial charge in [0.25, 0.3) is 0 Å². The van der Waals surface area contributed by atoms with Crippen LogP contribution in [-0.4, -0.2) is 30.6 Å². The quantitative estimate of drug-likeness (QED) is 0.816. The van der Waals surface area contributed by atoms with Gasteiger partial charge in [0.1, 0.15) is 0 Å². The lowest BCUT2D eigenvalue weighted by Crippen LogP contribution is -2.56. The average Bonchev–Trinajstić information content (AvgIpc) is 2.47. The number of thiophene rings is 1. The molecule has 1 saturated heterocycles. The third-order valence-electron chi connectivity index (χ3n) is 3.00. The van der Waals surface area contributed by atoms with Crippen molar-refractivity contribution in [3.8, 4) is 0 Å². The molecule has 1 N–H and O–H groups in total. The Kier molecular flexibility index (Phi) is 3.21. The maximum absolute atomic E-state index is 3.33. The van der Waals surface area contributed by atoms with Crippen LogP contribution in [0.1, 0.15) is 17.4 Å². The van der Waals surface area contributed by atoms with Crippen molar-refractivity contribution in [3.05, 3.63) is 21.9 Å². The lowest BCUT2D eigenvalue weighted by Gasteiger charge is -2.37. The molecule has 2 heterocycles. The third kappa shape index (κ3) is 2.00. The normalized spacial score (nSPS) is 17.4. The minimum atomic E-state index is 0.765. The summed E-state index contributed by atoms with van der Waals surface area (Å²) in [7, 11) is 0. The molecule has 0 spiro atoms. The van der Waals surface area contributed by atoms with Crippen LogP contribution in [0, 0.1) is 6.92 Å². The lowest BCUT2D eigenvalue weighted by atomic mass is 10.1. The highest BCUT2D eigenvalue weighted by Crippen LogP contribution is 2.19. The van der Waals surface area contributed by atoms with E-state index in [0.717, 1.165) is 32.2 Å². The second kappa shape index (κ2) is 4.43. The first-order chi connectivity index (χ1) is 6.81. The highest BCUT2D eigenvalue weighted by Gasteiger charge is 2.23. The second-order valence-corrected chi connectivity index (χ2v) is 4.90. The molecular weight excluding hydrogens is 192 g/mol. The topological polar surface area (TPSA) is 15.3 Å². The van der Waals surface area contributed by atoms with Crippen LogP contribution < -0.4 is 5.32 Å². The number of hydrogen-bond acceptors (Lipinski definition) is 3. The van der Waals surface area contributed by atoms with E-state index in [-0.39, 0.29) is 0 Å². The summed E-state index contributed by atoms with van der Waals surface area (Å²) >= 11 is 1.88. The Balaban J connectivity index is 1.97. The van der Waals surface area contributed by atoms with Crippen LogP contribution in [0.25, 0.3) is 0 Å². The standard InChI is InChI=1S/C11H18N2S/c1-3-13(10-6-12-7-10)8-11-9(2)4-5-14-11/h4-5,10,12H,3,6-8H2,1-2H3. The van der Waals surface area contributed by atoms with E-state index in [1.54, 1.807) is 0 Å². The van der Waals surface area contributed by atoms with E-state index in [1.807, 2.05) is 11.3 Å². The fraction of sp³-hybridized carbons (Fsp3) is 0.636. The van der Waals surface area contributed by atoms with Crippen molar-refractivity contribution in [2.24, 2.45) is 0 Å². The Hall–Kier alpha value is -0.380. The summed E-state index contributed by atoms with van der Waals surface area (Å²) in [4.78, 5) is 4.09. The molecule has 14 heavy (non-hydrogen) atoms. The molecule has 2 rings (SSSR count). The Morgan fingerprint density at radius 2 is 2.36 bits per heavy atom. The average molecular weight is 210 g/mol. The predicted octanol–water partition coefficient (Wildman–Crippen LogP) is 1.85. The van der Waals surface area contributed by atoms with E-state index in [2.05, 4.69) is 35.5 Å². The van der Waals surface area contributed by atoms with Gasteiger partial charge in [-0.25, -0.2) is 0 Å². The molecule has 78 valence electrons. The van der Waals surface area contributed by atoms with Gasteiger partial charge in [-0.2, -0.15) is 0 Å². The summed E-state index contributed by atoms with van der Waals surface area (Å²) in [5.41, 5.74) is 1.45. The van der Waals surface area contributed by atoms with Crippen molar-refractivity contribution >= 4 is 11.3 Å². The van der Waals surface area contributed by atoms with Crippen molar-refractivity contribution in [1.82, 2.24) is 10.2 Å². The van der Waals surface area contributed by atoms with Gasteiger partial charge in [0.2, 0.25) is 0 Å². The molecule has 1 aromatic heterocycles. The molecule has 0 saturated carbocycles. The Bertz CT molecular complexity index is 291.